The summed E-state index contributed by atoms with van der Waals surface area (Å²) in [4.78, 5) is 15.1. The summed E-state index contributed by atoms with van der Waals surface area (Å²) in [5, 5.41) is 4.27. The van der Waals surface area contributed by atoms with E-state index in [1.54, 1.807) is 6.21 Å². The molecule has 1 aliphatic rings. The molecule has 1 aromatic heterocycles. The molecule has 1 aliphatic heterocycles. The summed E-state index contributed by atoms with van der Waals surface area (Å²) >= 11 is 0. The van der Waals surface area contributed by atoms with Gasteiger partial charge >= 0.3 is 0 Å². The summed E-state index contributed by atoms with van der Waals surface area (Å²) in [6.45, 7) is 12.4. The van der Waals surface area contributed by atoms with Gasteiger partial charge in [-0.1, -0.05) is 13.8 Å². The molecule has 0 radical (unpaired) electrons. The second-order valence-corrected chi connectivity index (χ2v) is 9.67. The molecule has 4 rings (SSSR count). The Labute approximate surface area is 197 Å². The fourth-order valence-corrected chi connectivity index (χ4v) is 4.95. The maximum Gasteiger partial charge on any atom is 0.271 e. The summed E-state index contributed by atoms with van der Waals surface area (Å²) < 4.78 is 2.00. The fraction of sp³-hybridized carbons (Fsp3) is 0.357. The molecule has 5 nitrogen and oxygen atoms in total. The molecule has 0 fully saturated rings. The number of hydrogen-bond donors (Lipinski definition) is 1. The molecule has 2 heterocycles. The van der Waals surface area contributed by atoms with Crippen molar-refractivity contribution in [3.8, 4) is 5.69 Å². The molecule has 172 valence electrons. The second kappa shape index (κ2) is 9.26. The first-order valence-electron chi connectivity index (χ1n) is 11.8. The number of amides is 1. The van der Waals surface area contributed by atoms with Crippen LogP contribution >= 0.6 is 0 Å². The van der Waals surface area contributed by atoms with E-state index in [0.29, 0.717) is 11.5 Å². The summed E-state index contributed by atoms with van der Waals surface area (Å²) in [5.74, 6) is 0.259. The first-order chi connectivity index (χ1) is 15.8. The van der Waals surface area contributed by atoms with Crippen LogP contribution in [0.2, 0.25) is 0 Å². The lowest BCUT2D eigenvalue weighted by molar-refractivity contribution is 0.0955. The van der Waals surface area contributed by atoms with Crippen LogP contribution in [-0.4, -0.2) is 28.8 Å². The number of anilines is 1. The lowest BCUT2D eigenvalue weighted by atomic mass is 9.79. The number of fused-ring (bicyclic) bond motifs is 1. The lowest BCUT2D eigenvalue weighted by Gasteiger charge is -2.48. The fourth-order valence-electron chi connectivity index (χ4n) is 4.95. The molecule has 1 unspecified atom stereocenters. The number of benzene rings is 2. The van der Waals surface area contributed by atoms with Crippen molar-refractivity contribution in [2.24, 2.45) is 5.10 Å². The number of aryl methyl sites for hydroxylation is 1. The first-order valence-corrected chi connectivity index (χ1v) is 11.8. The number of carbonyl (C=O) groups is 1. The van der Waals surface area contributed by atoms with Crippen molar-refractivity contribution in [1.29, 1.82) is 0 Å². The van der Waals surface area contributed by atoms with E-state index in [9.17, 15) is 4.79 Å². The number of hydrogen-bond acceptors (Lipinski definition) is 3. The van der Waals surface area contributed by atoms with Gasteiger partial charge in [-0.15, -0.1) is 0 Å². The quantitative estimate of drug-likeness (QED) is 0.373. The Balaban J connectivity index is 1.49. The highest BCUT2D eigenvalue weighted by Crippen LogP contribution is 2.44. The number of carbonyl (C=O) groups excluding carboxylic acids is 1. The zero-order chi connectivity index (χ0) is 23.6. The van der Waals surface area contributed by atoms with Crippen LogP contribution in [0.15, 0.2) is 66.0 Å². The maximum atomic E-state index is 12.6. The summed E-state index contributed by atoms with van der Waals surface area (Å²) in [6, 6.07) is 16.0. The van der Waals surface area contributed by atoms with Gasteiger partial charge in [0.25, 0.3) is 5.91 Å². The van der Waals surface area contributed by atoms with Crippen LogP contribution in [0.3, 0.4) is 0 Å². The third-order valence-electron chi connectivity index (χ3n) is 6.62. The molecular weight excluding hydrogens is 408 g/mol. The van der Waals surface area contributed by atoms with E-state index in [2.05, 4.69) is 62.2 Å². The number of nitrogens with zero attached hydrogens (tertiary/aromatic N) is 3. The first kappa shape index (κ1) is 22.8. The van der Waals surface area contributed by atoms with Crippen molar-refractivity contribution in [2.45, 2.75) is 58.9 Å². The van der Waals surface area contributed by atoms with Crippen LogP contribution in [0.25, 0.3) is 5.69 Å². The maximum absolute atomic E-state index is 12.6. The molecule has 0 saturated heterocycles. The van der Waals surface area contributed by atoms with E-state index < -0.39 is 0 Å². The second-order valence-electron chi connectivity index (χ2n) is 9.67. The minimum absolute atomic E-state index is 0.148. The standard InChI is InChI=1S/C28H34N4O/c1-6-13-32-26-16-20(2)23(17-25(26)21(3)18-28(32,4)5)19-29-30-27(33)22-9-11-24(12-10-22)31-14-7-8-15-31/h7-12,14-17,19,21H,6,13,18H2,1-5H3,(H,30,33)/b29-19+. The molecular formula is C28H34N4O. The van der Waals surface area contributed by atoms with E-state index in [1.807, 2.05) is 53.4 Å². The summed E-state index contributed by atoms with van der Waals surface area (Å²) in [7, 11) is 0. The molecule has 0 bridgehead atoms. The Bertz CT molecular complexity index is 1140. The summed E-state index contributed by atoms with van der Waals surface area (Å²) in [6.07, 6.45) is 7.96. The van der Waals surface area contributed by atoms with Gasteiger partial charge in [-0.05, 0) is 105 Å². The van der Waals surface area contributed by atoms with Crippen LogP contribution < -0.4 is 10.3 Å². The molecule has 0 spiro atoms. The lowest BCUT2D eigenvalue weighted by Crippen LogP contribution is -2.48. The predicted molar refractivity (Wildman–Crippen MR) is 137 cm³/mol. The van der Waals surface area contributed by atoms with Gasteiger partial charge in [0.1, 0.15) is 0 Å². The molecule has 1 atom stereocenters. The van der Waals surface area contributed by atoms with Gasteiger partial charge in [-0.2, -0.15) is 5.10 Å². The molecule has 2 aromatic carbocycles. The Hall–Kier alpha value is -3.34. The highest BCUT2D eigenvalue weighted by molar-refractivity contribution is 5.95. The highest BCUT2D eigenvalue weighted by atomic mass is 16.2. The SMILES string of the molecule is CCCN1c2cc(C)c(/C=N/NC(=O)c3ccc(-n4cccc4)cc3)cc2C(C)CC1(C)C. The molecule has 0 saturated carbocycles. The average molecular weight is 443 g/mol. The minimum atomic E-state index is -0.217. The van der Waals surface area contributed by atoms with Crippen molar-refractivity contribution >= 4 is 17.8 Å². The Morgan fingerprint density at radius 3 is 2.55 bits per heavy atom. The normalized spacial score (nSPS) is 17.2. The number of hydrazone groups is 1. The van der Waals surface area contributed by atoms with E-state index >= 15 is 0 Å². The van der Waals surface area contributed by atoms with Crippen molar-refractivity contribution in [3.05, 3.63) is 83.2 Å². The van der Waals surface area contributed by atoms with Crippen molar-refractivity contribution in [1.82, 2.24) is 9.99 Å². The molecule has 3 aromatic rings. The zero-order valence-corrected chi connectivity index (χ0v) is 20.3. The smallest absolute Gasteiger partial charge is 0.271 e. The van der Waals surface area contributed by atoms with Crippen molar-refractivity contribution < 1.29 is 4.79 Å². The van der Waals surface area contributed by atoms with Gasteiger partial charge in [0.05, 0.1) is 6.21 Å². The Kier molecular flexibility index (Phi) is 6.41. The average Bonchev–Trinajstić information content (AvgIpc) is 3.32. The van der Waals surface area contributed by atoms with Crippen LogP contribution in [0.5, 0.6) is 0 Å². The largest absolute Gasteiger partial charge is 0.366 e. The highest BCUT2D eigenvalue weighted by Gasteiger charge is 2.36. The number of aromatic nitrogens is 1. The topological polar surface area (TPSA) is 49.6 Å². The van der Waals surface area contributed by atoms with Gasteiger partial charge in [0, 0.05) is 41.4 Å². The van der Waals surface area contributed by atoms with Gasteiger partial charge in [0.15, 0.2) is 0 Å². The van der Waals surface area contributed by atoms with Gasteiger partial charge in [0.2, 0.25) is 0 Å². The molecule has 1 amide bonds. The van der Waals surface area contributed by atoms with Crippen LogP contribution in [0.1, 0.15) is 73.5 Å². The number of rotatable bonds is 6. The Morgan fingerprint density at radius 1 is 1.18 bits per heavy atom. The summed E-state index contributed by atoms with van der Waals surface area (Å²) in [5.41, 5.74) is 9.32. The van der Waals surface area contributed by atoms with Crippen LogP contribution in [0, 0.1) is 6.92 Å². The van der Waals surface area contributed by atoms with Gasteiger partial charge < -0.3 is 9.47 Å². The molecule has 33 heavy (non-hydrogen) atoms. The number of nitrogens with one attached hydrogen (secondary N) is 1. The molecule has 1 N–H and O–H groups in total. The zero-order valence-electron chi connectivity index (χ0n) is 20.3. The van der Waals surface area contributed by atoms with Crippen LogP contribution in [0.4, 0.5) is 5.69 Å². The van der Waals surface area contributed by atoms with Crippen LogP contribution in [-0.2, 0) is 0 Å². The third-order valence-corrected chi connectivity index (χ3v) is 6.62. The third kappa shape index (κ3) is 4.72. The van der Waals surface area contributed by atoms with Gasteiger partial charge in [-0.3, -0.25) is 4.79 Å². The van der Waals surface area contributed by atoms with Crippen molar-refractivity contribution in [2.75, 3.05) is 11.4 Å². The van der Waals surface area contributed by atoms with E-state index in [0.717, 1.165) is 36.2 Å². The molecule has 0 aliphatic carbocycles. The monoisotopic (exact) mass is 442 g/mol. The van der Waals surface area contributed by atoms with Gasteiger partial charge in [-0.25, -0.2) is 5.43 Å². The predicted octanol–water partition coefficient (Wildman–Crippen LogP) is 6.05. The van der Waals surface area contributed by atoms with E-state index in [-0.39, 0.29) is 11.4 Å². The van der Waals surface area contributed by atoms with Crippen molar-refractivity contribution in [3.63, 3.8) is 0 Å². The van der Waals surface area contributed by atoms with E-state index in [4.69, 9.17) is 0 Å². The minimum Gasteiger partial charge on any atom is -0.366 e. The molecule has 5 heteroatoms. The Morgan fingerprint density at radius 2 is 1.88 bits per heavy atom. The van der Waals surface area contributed by atoms with E-state index in [1.165, 1.54) is 11.3 Å².